The molecule has 0 saturated carbocycles. The molecule has 2 aromatic rings. The molecular formula is C19H22N2O5. The van der Waals surface area contributed by atoms with Gasteiger partial charge in [0.05, 0.1) is 30.9 Å². The molecule has 0 N–H and O–H groups in total. The van der Waals surface area contributed by atoms with Crippen molar-refractivity contribution in [2.45, 2.75) is 32.7 Å². The van der Waals surface area contributed by atoms with Crippen LogP contribution >= 0.6 is 0 Å². The lowest BCUT2D eigenvalue weighted by molar-refractivity contribution is -0.145. The van der Waals surface area contributed by atoms with Crippen LogP contribution in [0.3, 0.4) is 0 Å². The Balaban J connectivity index is 1.54. The lowest BCUT2D eigenvalue weighted by atomic mass is 10.0. The number of fused-ring (bicyclic) bond motifs is 1. The number of nitrogens with zero attached hydrogens (tertiary/aromatic N) is 2. The maximum Gasteiger partial charge on any atom is 0.231 e. The Hall–Kier alpha value is -2.54. The molecule has 0 radical (unpaired) electrons. The van der Waals surface area contributed by atoms with Crippen molar-refractivity contribution >= 4 is 5.91 Å². The smallest absolute Gasteiger partial charge is 0.231 e. The summed E-state index contributed by atoms with van der Waals surface area (Å²) in [5.41, 5.74) is 1.14. The number of amides is 1. The van der Waals surface area contributed by atoms with Crippen LogP contribution in [-0.2, 0) is 16.0 Å². The van der Waals surface area contributed by atoms with E-state index in [4.69, 9.17) is 18.6 Å². The lowest BCUT2D eigenvalue weighted by Crippen LogP contribution is -2.56. The van der Waals surface area contributed by atoms with Gasteiger partial charge in [-0.25, -0.2) is 4.98 Å². The molecule has 1 fully saturated rings. The molecule has 4 rings (SSSR count). The fourth-order valence-corrected chi connectivity index (χ4v) is 3.30. The molecule has 1 aromatic carbocycles. The van der Waals surface area contributed by atoms with Crippen molar-refractivity contribution < 1.29 is 23.4 Å². The number of aryl methyl sites for hydroxylation is 1. The number of carbonyl (C=O) groups excluding carboxylic acids is 1. The Morgan fingerprint density at radius 2 is 2.08 bits per heavy atom. The zero-order chi connectivity index (χ0) is 18.3. The minimum atomic E-state index is -0.312. The summed E-state index contributed by atoms with van der Waals surface area (Å²) < 4.78 is 22.0. The fraction of sp³-hybridized carbons (Fsp3) is 0.474. The number of carbonyl (C=O) groups is 1. The minimum absolute atomic E-state index is 0.0342. The van der Waals surface area contributed by atoms with Crippen molar-refractivity contribution in [3.05, 3.63) is 29.7 Å². The fourth-order valence-electron chi connectivity index (χ4n) is 3.30. The third kappa shape index (κ3) is 3.03. The number of rotatable bonds is 3. The van der Waals surface area contributed by atoms with Gasteiger partial charge in [0.2, 0.25) is 18.6 Å². The standard InChI is InChI=1S/C19H22N2O5/c1-12-14(9-17(22)21-6-7-23-10-19(21,2)3)20-18(26-12)13-4-5-15-16(8-13)25-11-24-15/h4-5,8H,6-7,9-11H2,1-3H3. The molecular weight excluding hydrogens is 336 g/mol. The van der Waals surface area contributed by atoms with Gasteiger partial charge in [-0.3, -0.25) is 4.79 Å². The van der Waals surface area contributed by atoms with E-state index in [1.807, 2.05) is 43.9 Å². The Bertz CT molecular complexity index is 842. The average molecular weight is 358 g/mol. The van der Waals surface area contributed by atoms with E-state index in [1.54, 1.807) is 0 Å². The zero-order valence-electron chi connectivity index (χ0n) is 15.2. The molecule has 0 unspecified atom stereocenters. The quantitative estimate of drug-likeness (QED) is 0.839. The summed E-state index contributed by atoms with van der Waals surface area (Å²) >= 11 is 0. The largest absolute Gasteiger partial charge is 0.454 e. The Labute approximate surface area is 151 Å². The van der Waals surface area contributed by atoms with E-state index in [0.717, 1.165) is 5.56 Å². The molecule has 1 aromatic heterocycles. The van der Waals surface area contributed by atoms with E-state index in [-0.39, 0.29) is 24.7 Å². The molecule has 0 spiro atoms. The molecule has 0 aliphatic carbocycles. The second-order valence-corrected chi connectivity index (χ2v) is 7.18. The van der Waals surface area contributed by atoms with Gasteiger partial charge in [0.25, 0.3) is 0 Å². The van der Waals surface area contributed by atoms with Crippen molar-refractivity contribution in [2.75, 3.05) is 26.6 Å². The minimum Gasteiger partial charge on any atom is -0.454 e. The highest BCUT2D eigenvalue weighted by Crippen LogP contribution is 2.36. The predicted molar refractivity (Wildman–Crippen MR) is 93.1 cm³/mol. The molecule has 0 bridgehead atoms. The second-order valence-electron chi connectivity index (χ2n) is 7.18. The number of hydrogen-bond donors (Lipinski definition) is 0. The molecule has 2 aliphatic heterocycles. The lowest BCUT2D eigenvalue weighted by Gasteiger charge is -2.42. The van der Waals surface area contributed by atoms with E-state index >= 15 is 0 Å². The van der Waals surface area contributed by atoms with Crippen LogP contribution in [0.4, 0.5) is 0 Å². The van der Waals surface area contributed by atoms with Crippen LogP contribution in [0, 0.1) is 6.92 Å². The number of aromatic nitrogens is 1. The Morgan fingerprint density at radius 3 is 2.88 bits per heavy atom. The summed E-state index contributed by atoms with van der Waals surface area (Å²) in [6.07, 6.45) is 0.212. The van der Waals surface area contributed by atoms with Crippen molar-refractivity contribution in [1.82, 2.24) is 9.88 Å². The van der Waals surface area contributed by atoms with Crippen LogP contribution in [0.5, 0.6) is 11.5 Å². The summed E-state index contributed by atoms with van der Waals surface area (Å²) in [7, 11) is 0. The average Bonchev–Trinajstić information content (AvgIpc) is 3.20. The van der Waals surface area contributed by atoms with E-state index < -0.39 is 0 Å². The first-order chi connectivity index (χ1) is 12.4. The van der Waals surface area contributed by atoms with Crippen LogP contribution in [0.2, 0.25) is 0 Å². The number of ether oxygens (including phenoxy) is 3. The molecule has 1 saturated heterocycles. The molecule has 3 heterocycles. The van der Waals surface area contributed by atoms with E-state index in [1.165, 1.54) is 0 Å². The number of morpholine rings is 1. The van der Waals surface area contributed by atoms with Gasteiger partial charge >= 0.3 is 0 Å². The number of benzene rings is 1. The maximum absolute atomic E-state index is 12.8. The van der Waals surface area contributed by atoms with Crippen LogP contribution in [0.15, 0.2) is 22.6 Å². The first-order valence-electron chi connectivity index (χ1n) is 8.68. The van der Waals surface area contributed by atoms with E-state index in [9.17, 15) is 4.79 Å². The normalized spacial score (nSPS) is 18.2. The van der Waals surface area contributed by atoms with Crippen LogP contribution in [0.1, 0.15) is 25.3 Å². The van der Waals surface area contributed by atoms with Crippen molar-refractivity contribution in [3.63, 3.8) is 0 Å². The summed E-state index contributed by atoms with van der Waals surface area (Å²) in [6.45, 7) is 7.77. The van der Waals surface area contributed by atoms with Crippen LogP contribution in [-0.4, -0.2) is 47.9 Å². The van der Waals surface area contributed by atoms with Crippen molar-refractivity contribution in [1.29, 1.82) is 0 Å². The van der Waals surface area contributed by atoms with Crippen LogP contribution < -0.4 is 9.47 Å². The molecule has 2 aliphatic rings. The molecule has 7 nitrogen and oxygen atoms in total. The third-order valence-electron chi connectivity index (χ3n) is 4.78. The summed E-state index contributed by atoms with van der Waals surface area (Å²) in [6, 6.07) is 5.54. The SMILES string of the molecule is Cc1oc(-c2ccc3c(c2)OCO3)nc1CC(=O)N1CCOCC1(C)C. The zero-order valence-corrected chi connectivity index (χ0v) is 15.2. The maximum atomic E-state index is 12.8. The van der Waals surface area contributed by atoms with Gasteiger partial charge in [-0.2, -0.15) is 0 Å². The molecule has 1 amide bonds. The van der Waals surface area contributed by atoms with Gasteiger partial charge in [-0.1, -0.05) is 0 Å². The highest BCUT2D eigenvalue weighted by molar-refractivity contribution is 5.79. The monoisotopic (exact) mass is 358 g/mol. The summed E-state index contributed by atoms with van der Waals surface area (Å²) in [5, 5.41) is 0. The van der Waals surface area contributed by atoms with E-state index in [0.29, 0.717) is 48.6 Å². The predicted octanol–water partition coefficient (Wildman–Crippen LogP) is 2.56. The van der Waals surface area contributed by atoms with Gasteiger partial charge in [0.15, 0.2) is 11.5 Å². The summed E-state index contributed by atoms with van der Waals surface area (Å²) in [5.74, 6) is 2.54. The number of hydrogen-bond acceptors (Lipinski definition) is 6. The Morgan fingerprint density at radius 1 is 1.27 bits per heavy atom. The molecule has 7 heteroatoms. The first-order valence-corrected chi connectivity index (χ1v) is 8.68. The van der Waals surface area contributed by atoms with Gasteiger partial charge in [-0.05, 0) is 39.0 Å². The van der Waals surface area contributed by atoms with Crippen LogP contribution in [0.25, 0.3) is 11.5 Å². The Kier molecular flexibility index (Phi) is 4.11. The van der Waals surface area contributed by atoms with Crippen molar-refractivity contribution in [2.24, 2.45) is 0 Å². The van der Waals surface area contributed by atoms with Gasteiger partial charge in [-0.15, -0.1) is 0 Å². The number of oxazole rings is 1. The molecule has 0 atom stereocenters. The van der Waals surface area contributed by atoms with Gasteiger partial charge in [0, 0.05) is 12.1 Å². The highest BCUT2D eigenvalue weighted by Gasteiger charge is 2.34. The van der Waals surface area contributed by atoms with Gasteiger partial charge in [0.1, 0.15) is 5.76 Å². The first kappa shape index (κ1) is 16.9. The van der Waals surface area contributed by atoms with Crippen molar-refractivity contribution in [3.8, 4) is 23.0 Å². The molecule has 26 heavy (non-hydrogen) atoms. The molecule has 138 valence electrons. The topological polar surface area (TPSA) is 74.0 Å². The van der Waals surface area contributed by atoms with Gasteiger partial charge < -0.3 is 23.5 Å². The second kappa shape index (κ2) is 6.32. The highest BCUT2D eigenvalue weighted by atomic mass is 16.7. The third-order valence-corrected chi connectivity index (χ3v) is 4.78. The van der Waals surface area contributed by atoms with E-state index in [2.05, 4.69) is 4.98 Å². The summed E-state index contributed by atoms with van der Waals surface area (Å²) in [4.78, 5) is 19.2.